The minimum absolute atomic E-state index is 0.0817. The third-order valence-electron chi connectivity index (χ3n) is 5.17. The fourth-order valence-corrected chi connectivity index (χ4v) is 3.43. The van der Waals surface area contributed by atoms with E-state index in [2.05, 4.69) is 10.00 Å². The third kappa shape index (κ3) is 4.95. The zero-order valence-corrected chi connectivity index (χ0v) is 18.6. The second-order valence-electron chi connectivity index (χ2n) is 7.32. The molecule has 2 aromatic carbocycles. The minimum Gasteiger partial charge on any atom is -0.493 e. The summed E-state index contributed by atoms with van der Waals surface area (Å²) in [6.07, 6.45) is 0. The first kappa shape index (κ1) is 22.2. The Morgan fingerprint density at radius 2 is 1.90 bits per heavy atom. The number of hydrogen-bond acceptors (Lipinski definition) is 5. The van der Waals surface area contributed by atoms with Gasteiger partial charge < -0.3 is 14.6 Å². The van der Waals surface area contributed by atoms with E-state index in [1.165, 1.54) is 0 Å². The number of halogens is 1. The number of ether oxygens (including phenoxy) is 2. The molecule has 1 N–H and O–H groups in total. The molecule has 30 heavy (non-hydrogen) atoms. The average molecular weight is 430 g/mol. The van der Waals surface area contributed by atoms with Gasteiger partial charge in [0.1, 0.15) is 11.8 Å². The van der Waals surface area contributed by atoms with Crippen LogP contribution in [0.3, 0.4) is 0 Å². The Hall–Kier alpha value is -2.54. The molecule has 0 aliphatic carbocycles. The monoisotopic (exact) mass is 429 g/mol. The Labute approximate surface area is 182 Å². The second kappa shape index (κ2) is 9.98. The number of aromatic nitrogens is 2. The van der Waals surface area contributed by atoms with Crippen molar-refractivity contribution in [2.75, 3.05) is 20.8 Å². The van der Waals surface area contributed by atoms with Crippen molar-refractivity contribution in [2.24, 2.45) is 0 Å². The normalized spacial score (nSPS) is 12.2. The van der Waals surface area contributed by atoms with Gasteiger partial charge in [-0.15, -0.1) is 0 Å². The Balaban J connectivity index is 1.75. The van der Waals surface area contributed by atoms with E-state index < -0.39 is 0 Å². The first-order valence-corrected chi connectivity index (χ1v) is 10.2. The van der Waals surface area contributed by atoms with Gasteiger partial charge in [-0.2, -0.15) is 5.10 Å². The number of methoxy groups -OCH3 is 1. The maximum absolute atomic E-state index is 9.32. The van der Waals surface area contributed by atoms with Gasteiger partial charge in [0.2, 0.25) is 0 Å². The number of para-hydroxylation sites is 1. The van der Waals surface area contributed by atoms with Gasteiger partial charge in [-0.1, -0.05) is 35.9 Å². The predicted molar refractivity (Wildman–Crippen MR) is 119 cm³/mol. The first-order valence-electron chi connectivity index (χ1n) is 9.84. The molecular formula is C23H28ClN3O3. The molecule has 0 saturated carbocycles. The standard InChI is InChI=1S/C23H28ClN3O3/c1-16(14-28)26(3)13-18-10-11-21(22(12-18)29-4)30-15-20-17(2)25-27(23(20)24)19-8-6-5-7-9-19/h5-12,16,28H,13-15H2,1-4H3/t16-/m1/s1. The minimum atomic E-state index is 0.0817. The van der Waals surface area contributed by atoms with Crippen LogP contribution in [0.2, 0.25) is 5.15 Å². The molecule has 6 nitrogen and oxygen atoms in total. The number of aliphatic hydroxyl groups excluding tert-OH is 1. The van der Waals surface area contributed by atoms with Gasteiger partial charge in [0.15, 0.2) is 11.5 Å². The largest absolute Gasteiger partial charge is 0.493 e. The van der Waals surface area contributed by atoms with E-state index in [9.17, 15) is 5.11 Å². The van der Waals surface area contributed by atoms with Crippen LogP contribution in [-0.4, -0.2) is 46.6 Å². The summed E-state index contributed by atoms with van der Waals surface area (Å²) in [5.74, 6) is 1.30. The number of likely N-dealkylation sites (N-methyl/N-ethyl adjacent to an activating group) is 1. The molecule has 0 aliphatic heterocycles. The van der Waals surface area contributed by atoms with Crippen LogP contribution in [0.4, 0.5) is 0 Å². The highest BCUT2D eigenvalue weighted by Crippen LogP contribution is 2.31. The third-order valence-corrected chi connectivity index (χ3v) is 5.56. The van der Waals surface area contributed by atoms with Crippen molar-refractivity contribution >= 4 is 11.6 Å². The van der Waals surface area contributed by atoms with Crippen LogP contribution in [0.15, 0.2) is 48.5 Å². The van der Waals surface area contributed by atoms with Crippen LogP contribution in [0.5, 0.6) is 11.5 Å². The summed E-state index contributed by atoms with van der Waals surface area (Å²) in [7, 11) is 3.60. The smallest absolute Gasteiger partial charge is 0.161 e. The molecule has 0 radical (unpaired) electrons. The van der Waals surface area contributed by atoms with E-state index in [1.807, 2.05) is 69.4 Å². The number of aliphatic hydroxyl groups is 1. The molecule has 0 bridgehead atoms. The van der Waals surface area contributed by atoms with Crippen LogP contribution in [-0.2, 0) is 13.2 Å². The van der Waals surface area contributed by atoms with Crippen LogP contribution in [0.1, 0.15) is 23.7 Å². The molecule has 0 amide bonds. The van der Waals surface area contributed by atoms with Crippen LogP contribution in [0, 0.1) is 6.92 Å². The van der Waals surface area contributed by atoms with Crippen molar-refractivity contribution < 1.29 is 14.6 Å². The molecule has 0 unspecified atom stereocenters. The van der Waals surface area contributed by atoms with E-state index in [0.29, 0.717) is 23.2 Å². The molecule has 7 heteroatoms. The Kier molecular flexibility index (Phi) is 7.37. The highest BCUT2D eigenvalue weighted by Gasteiger charge is 2.17. The van der Waals surface area contributed by atoms with E-state index in [4.69, 9.17) is 21.1 Å². The van der Waals surface area contributed by atoms with Crippen molar-refractivity contribution in [1.29, 1.82) is 0 Å². The highest BCUT2D eigenvalue weighted by molar-refractivity contribution is 6.30. The predicted octanol–water partition coefficient (Wildman–Crippen LogP) is 4.23. The quantitative estimate of drug-likeness (QED) is 0.551. The SMILES string of the molecule is COc1cc(CN(C)[C@H](C)CO)ccc1OCc1c(C)nn(-c2ccccc2)c1Cl. The highest BCUT2D eigenvalue weighted by atomic mass is 35.5. The molecule has 1 aromatic heterocycles. The zero-order chi connectivity index (χ0) is 21.7. The lowest BCUT2D eigenvalue weighted by molar-refractivity contribution is 0.154. The van der Waals surface area contributed by atoms with Crippen LogP contribution >= 0.6 is 11.6 Å². The van der Waals surface area contributed by atoms with Gasteiger partial charge in [0.05, 0.1) is 25.1 Å². The van der Waals surface area contributed by atoms with Gasteiger partial charge in [0, 0.05) is 18.2 Å². The summed E-state index contributed by atoms with van der Waals surface area (Å²) in [6, 6.07) is 15.7. The lowest BCUT2D eigenvalue weighted by Crippen LogP contribution is -2.31. The summed E-state index contributed by atoms with van der Waals surface area (Å²) in [6.45, 7) is 5.01. The topological polar surface area (TPSA) is 59.8 Å². The fourth-order valence-electron chi connectivity index (χ4n) is 3.10. The van der Waals surface area contributed by atoms with E-state index in [1.54, 1.807) is 11.8 Å². The Morgan fingerprint density at radius 3 is 2.57 bits per heavy atom. The van der Waals surface area contributed by atoms with Crippen molar-refractivity contribution in [1.82, 2.24) is 14.7 Å². The van der Waals surface area contributed by atoms with Gasteiger partial charge >= 0.3 is 0 Å². The van der Waals surface area contributed by atoms with Crippen molar-refractivity contribution in [3.8, 4) is 17.2 Å². The number of aryl methyl sites for hydroxylation is 1. The molecule has 3 aromatic rings. The molecule has 0 saturated heterocycles. The number of benzene rings is 2. The molecule has 0 fully saturated rings. The van der Waals surface area contributed by atoms with Crippen LogP contribution in [0.25, 0.3) is 5.69 Å². The molecule has 1 atom stereocenters. The molecule has 160 valence electrons. The Bertz CT molecular complexity index is 975. The summed E-state index contributed by atoms with van der Waals surface area (Å²) in [4.78, 5) is 2.08. The van der Waals surface area contributed by atoms with Gasteiger partial charge in [0.25, 0.3) is 0 Å². The zero-order valence-electron chi connectivity index (χ0n) is 17.8. The van der Waals surface area contributed by atoms with Crippen molar-refractivity contribution in [2.45, 2.75) is 33.0 Å². The molecule has 0 spiro atoms. The maximum atomic E-state index is 9.32. The van der Waals surface area contributed by atoms with E-state index in [-0.39, 0.29) is 19.3 Å². The molecule has 0 aliphatic rings. The number of rotatable bonds is 9. The van der Waals surface area contributed by atoms with E-state index in [0.717, 1.165) is 22.5 Å². The van der Waals surface area contributed by atoms with Crippen molar-refractivity contribution in [3.05, 3.63) is 70.5 Å². The fraction of sp³-hybridized carbons (Fsp3) is 0.348. The van der Waals surface area contributed by atoms with Gasteiger partial charge in [-0.3, -0.25) is 4.90 Å². The van der Waals surface area contributed by atoms with E-state index >= 15 is 0 Å². The van der Waals surface area contributed by atoms with Crippen molar-refractivity contribution in [3.63, 3.8) is 0 Å². The summed E-state index contributed by atoms with van der Waals surface area (Å²) in [5, 5.41) is 14.4. The first-order chi connectivity index (χ1) is 14.4. The Morgan fingerprint density at radius 1 is 1.17 bits per heavy atom. The van der Waals surface area contributed by atoms with Gasteiger partial charge in [-0.05, 0) is 50.7 Å². The second-order valence-corrected chi connectivity index (χ2v) is 7.68. The lowest BCUT2D eigenvalue weighted by Gasteiger charge is -2.23. The summed E-state index contributed by atoms with van der Waals surface area (Å²) >= 11 is 6.59. The van der Waals surface area contributed by atoms with Crippen LogP contribution < -0.4 is 9.47 Å². The van der Waals surface area contributed by atoms with Gasteiger partial charge in [-0.25, -0.2) is 4.68 Å². The molecule has 3 rings (SSSR count). The lowest BCUT2D eigenvalue weighted by atomic mass is 10.1. The summed E-state index contributed by atoms with van der Waals surface area (Å²) in [5.41, 5.74) is 3.63. The summed E-state index contributed by atoms with van der Waals surface area (Å²) < 4.78 is 13.3. The maximum Gasteiger partial charge on any atom is 0.161 e. The molecule has 1 heterocycles. The number of nitrogens with zero attached hydrogens (tertiary/aromatic N) is 3. The average Bonchev–Trinajstić information content (AvgIpc) is 3.06. The number of hydrogen-bond donors (Lipinski definition) is 1. The molecular weight excluding hydrogens is 402 g/mol.